The summed E-state index contributed by atoms with van der Waals surface area (Å²) in [5.74, 6) is 1.92. The van der Waals surface area contributed by atoms with Crippen LogP contribution in [-0.2, 0) is 18.4 Å². The lowest BCUT2D eigenvalue weighted by Crippen LogP contribution is -2.56. The Labute approximate surface area is 149 Å². The van der Waals surface area contributed by atoms with Crippen molar-refractivity contribution in [3.63, 3.8) is 0 Å². The number of aliphatic hydroxyl groups excluding tert-OH is 1. The van der Waals surface area contributed by atoms with Crippen molar-refractivity contribution in [3.05, 3.63) is 0 Å². The Morgan fingerprint density at radius 3 is 2.16 bits per heavy atom. The summed E-state index contributed by atoms with van der Waals surface area (Å²) in [5.41, 5.74) is -0.320. The molecule has 4 fully saturated rings. The highest BCUT2D eigenvalue weighted by Gasteiger charge is 2.54. The van der Waals surface area contributed by atoms with Gasteiger partial charge in [0.2, 0.25) is 5.91 Å². The van der Waals surface area contributed by atoms with Gasteiger partial charge in [-0.05, 0) is 70.1 Å². The van der Waals surface area contributed by atoms with Crippen molar-refractivity contribution >= 4 is 13.7 Å². The molecule has 2 unspecified atom stereocenters. The van der Waals surface area contributed by atoms with Crippen LogP contribution in [0, 0.1) is 23.2 Å². The van der Waals surface area contributed by atoms with Crippen LogP contribution in [0.25, 0.3) is 0 Å². The van der Waals surface area contributed by atoms with Crippen LogP contribution in [0.2, 0.25) is 0 Å². The number of phosphoric ester groups is 1. The molecule has 144 valence electrons. The van der Waals surface area contributed by atoms with Gasteiger partial charge >= 0.3 is 7.82 Å². The van der Waals surface area contributed by atoms with Gasteiger partial charge in [-0.1, -0.05) is 0 Å². The highest BCUT2D eigenvalue weighted by atomic mass is 31.2. The Kier molecular flexibility index (Phi) is 5.62. The van der Waals surface area contributed by atoms with Gasteiger partial charge in [-0.25, -0.2) is 4.57 Å². The molecule has 0 heterocycles. The van der Waals surface area contributed by atoms with E-state index in [-0.39, 0.29) is 24.5 Å². The van der Waals surface area contributed by atoms with Gasteiger partial charge in [0.05, 0.1) is 25.4 Å². The van der Waals surface area contributed by atoms with Crippen LogP contribution in [0.5, 0.6) is 0 Å². The molecule has 4 bridgehead atoms. The van der Waals surface area contributed by atoms with Crippen molar-refractivity contribution in [3.8, 4) is 0 Å². The highest BCUT2D eigenvalue weighted by Crippen LogP contribution is 2.60. The third kappa shape index (κ3) is 4.45. The molecule has 4 aliphatic rings. The van der Waals surface area contributed by atoms with Crippen LogP contribution >= 0.6 is 7.82 Å². The molecule has 0 aromatic carbocycles. The van der Waals surface area contributed by atoms with Crippen molar-refractivity contribution in [2.75, 3.05) is 13.2 Å². The zero-order valence-electron chi connectivity index (χ0n) is 15.0. The van der Waals surface area contributed by atoms with E-state index in [9.17, 15) is 19.4 Å². The number of hydrogen-bond acceptors (Lipinski definition) is 5. The van der Waals surface area contributed by atoms with E-state index < -0.39 is 20.0 Å². The van der Waals surface area contributed by atoms with Gasteiger partial charge in [-0.15, -0.1) is 0 Å². The number of carbonyl (C=O) groups is 1. The summed E-state index contributed by atoms with van der Waals surface area (Å²) in [6.45, 7) is 2.66. The van der Waals surface area contributed by atoms with Gasteiger partial charge in [-0.2, -0.15) is 0 Å². The third-order valence-corrected chi connectivity index (χ3v) is 7.02. The van der Waals surface area contributed by atoms with Crippen LogP contribution in [-0.4, -0.2) is 41.3 Å². The van der Waals surface area contributed by atoms with E-state index in [0.717, 1.165) is 19.3 Å². The lowest BCUT2D eigenvalue weighted by atomic mass is 9.49. The minimum atomic E-state index is -4.18. The highest BCUT2D eigenvalue weighted by molar-refractivity contribution is 7.47. The fourth-order valence-electron chi connectivity index (χ4n) is 5.35. The van der Waals surface area contributed by atoms with Gasteiger partial charge < -0.3 is 15.3 Å². The topological polar surface area (TPSA) is 105 Å². The second-order valence-corrected chi connectivity index (χ2v) is 9.88. The smallest absolute Gasteiger partial charge is 0.394 e. The molecule has 4 aliphatic carbocycles. The molecule has 7 nitrogen and oxygen atoms in total. The number of amides is 1. The maximum absolute atomic E-state index is 12.9. The molecule has 4 rings (SSSR count). The van der Waals surface area contributed by atoms with Crippen molar-refractivity contribution in [1.82, 2.24) is 5.32 Å². The number of phosphoric acid groups is 1. The molecule has 2 atom stereocenters. The molecule has 1 amide bonds. The van der Waals surface area contributed by atoms with Gasteiger partial charge in [0, 0.05) is 5.41 Å². The Morgan fingerprint density at radius 2 is 1.72 bits per heavy atom. The molecule has 0 saturated heterocycles. The van der Waals surface area contributed by atoms with Crippen molar-refractivity contribution in [1.29, 1.82) is 0 Å². The van der Waals surface area contributed by atoms with Gasteiger partial charge in [0.1, 0.15) is 0 Å². The minimum Gasteiger partial charge on any atom is -0.394 e. The Hall–Kier alpha value is -0.460. The second kappa shape index (κ2) is 7.28. The van der Waals surface area contributed by atoms with Crippen LogP contribution in [0.3, 0.4) is 0 Å². The predicted molar refractivity (Wildman–Crippen MR) is 91.6 cm³/mol. The van der Waals surface area contributed by atoms with Gasteiger partial charge in [-0.3, -0.25) is 13.8 Å². The van der Waals surface area contributed by atoms with E-state index in [0.29, 0.717) is 17.8 Å². The molecule has 0 aliphatic heterocycles. The zero-order chi connectivity index (χ0) is 18.2. The van der Waals surface area contributed by atoms with Crippen LogP contribution < -0.4 is 5.32 Å². The normalized spacial score (nSPS) is 37.1. The molecule has 0 aromatic heterocycles. The quantitative estimate of drug-likeness (QED) is 0.562. The van der Waals surface area contributed by atoms with E-state index in [1.165, 1.54) is 19.3 Å². The van der Waals surface area contributed by atoms with E-state index >= 15 is 0 Å². The molecule has 8 heteroatoms. The molecule has 0 radical (unpaired) electrons. The van der Waals surface area contributed by atoms with Crippen molar-refractivity contribution in [2.45, 2.75) is 64.5 Å². The van der Waals surface area contributed by atoms with Crippen LogP contribution in [0.4, 0.5) is 0 Å². The predicted octanol–water partition coefficient (Wildman–Crippen LogP) is 2.22. The molecule has 3 N–H and O–H groups in total. The Morgan fingerprint density at radius 1 is 1.20 bits per heavy atom. The van der Waals surface area contributed by atoms with Crippen LogP contribution in [0.1, 0.15) is 52.4 Å². The summed E-state index contributed by atoms with van der Waals surface area (Å²) in [4.78, 5) is 22.5. The fraction of sp³-hybridized carbons (Fsp3) is 0.941. The molecular formula is C17H30NO6P. The Bertz CT molecular complexity index is 516. The third-order valence-electron chi connectivity index (χ3n) is 5.86. The lowest BCUT2D eigenvalue weighted by molar-refractivity contribution is -0.147. The van der Waals surface area contributed by atoms with E-state index in [4.69, 9.17) is 9.05 Å². The largest absolute Gasteiger partial charge is 0.472 e. The average molecular weight is 375 g/mol. The monoisotopic (exact) mass is 375 g/mol. The first-order chi connectivity index (χ1) is 11.7. The number of aliphatic hydroxyl groups is 1. The molecule has 0 aromatic rings. The first-order valence-corrected chi connectivity index (χ1v) is 10.8. The zero-order valence-corrected chi connectivity index (χ0v) is 15.9. The number of nitrogens with one attached hydrogen (secondary N) is 1. The molecular weight excluding hydrogens is 345 g/mol. The average Bonchev–Trinajstić information content (AvgIpc) is 2.48. The molecule has 0 spiro atoms. The minimum absolute atomic E-state index is 0.0354. The summed E-state index contributed by atoms with van der Waals surface area (Å²) in [7, 11) is -4.18. The standard InChI is InChI=1S/C17H30NO6P/c1-11(2)24-25(21,22)23-10-15(9-19)18-16(20)17-6-12-3-13(7-17)5-14(4-12)8-17/h11-15,19H,3-10H2,1-2H3,(H,18,20)(H,21,22)/t12-,13-,14?,15?,17-/m1/s1. The van der Waals surface area contributed by atoms with Crippen molar-refractivity contribution < 1.29 is 28.4 Å². The summed E-state index contributed by atoms with van der Waals surface area (Å²) in [6.07, 6.45) is 6.08. The summed E-state index contributed by atoms with van der Waals surface area (Å²) in [5, 5.41) is 12.4. The molecule has 4 saturated carbocycles. The SMILES string of the molecule is CC(C)OP(=O)(O)OCC(CO)NC(=O)[C@]12CC3C[C@@H](C[C@H](C3)C1)C2. The maximum Gasteiger partial charge on any atom is 0.472 e. The number of carbonyl (C=O) groups excluding carboxylic acids is 1. The first-order valence-electron chi connectivity index (χ1n) is 9.29. The van der Waals surface area contributed by atoms with Gasteiger partial charge in [0.25, 0.3) is 0 Å². The first kappa shape index (κ1) is 19.3. The van der Waals surface area contributed by atoms with Crippen LogP contribution in [0.15, 0.2) is 0 Å². The maximum atomic E-state index is 12.9. The van der Waals surface area contributed by atoms with E-state index in [1.54, 1.807) is 13.8 Å². The summed E-state index contributed by atoms with van der Waals surface area (Å²) in [6, 6.07) is -0.711. The molecule has 25 heavy (non-hydrogen) atoms. The van der Waals surface area contributed by atoms with E-state index in [1.807, 2.05) is 0 Å². The lowest BCUT2D eigenvalue weighted by Gasteiger charge is -2.55. The number of rotatable bonds is 8. The fourth-order valence-corrected chi connectivity index (χ4v) is 6.31. The van der Waals surface area contributed by atoms with Crippen molar-refractivity contribution in [2.24, 2.45) is 23.2 Å². The summed E-state index contributed by atoms with van der Waals surface area (Å²) >= 11 is 0. The summed E-state index contributed by atoms with van der Waals surface area (Å²) < 4.78 is 21.5. The second-order valence-electron chi connectivity index (χ2n) is 8.47. The van der Waals surface area contributed by atoms with Gasteiger partial charge in [0.15, 0.2) is 0 Å². The Balaban J connectivity index is 1.57. The number of hydrogen-bond donors (Lipinski definition) is 3. The van der Waals surface area contributed by atoms with E-state index in [2.05, 4.69) is 5.32 Å².